The number of carbonyl (C=O) groups is 2. The number of nitrogens with one attached hydrogen (secondary N) is 1. The maximum absolute atomic E-state index is 12.7. The minimum absolute atomic E-state index is 0.0855. The van der Waals surface area contributed by atoms with Gasteiger partial charge in [0, 0.05) is 5.69 Å². The molecule has 0 bridgehead atoms. The number of rotatable bonds is 4. The van der Waals surface area contributed by atoms with E-state index in [0.29, 0.717) is 10.4 Å². The predicted molar refractivity (Wildman–Crippen MR) is 100 cm³/mol. The number of hydrogen-bond donors (Lipinski definition) is 2. The second-order valence-corrected chi connectivity index (χ2v) is 7.03. The van der Waals surface area contributed by atoms with Gasteiger partial charge in [0.2, 0.25) is 5.91 Å². The lowest BCUT2D eigenvalue weighted by atomic mass is 10.1. The molecule has 1 amide bonds. The topological polar surface area (TPSA) is 101 Å². The average molecular weight is 371 g/mol. The van der Waals surface area contributed by atoms with E-state index in [4.69, 9.17) is 0 Å². The third-order valence-electron chi connectivity index (χ3n) is 4.17. The fraction of sp³-hybridized carbons (Fsp3) is 0.222. The lowest BCUT2D eigenvalue weighted by Crippen LogP contribution is -2.28. The summed E-state index contributed by atoms with van der Waals surface area (Å²) in [6.07, 6.45) is 1.27. The molecule has 0 aliphatic rings. The third-order valence-corrected chi connectivity index (χ3v) is 5.36. The van der Waals surface area contributed by atoms with Crippen molar-refractivity contribution in [2.75, 3.05) is 5.32 Å². The second kappa shape index (κ2) is 6.72. The number of thiophene rings is 1. The van der Waals surface area contributed by atoms with Crippen molar-refractivity contribution in [1.82, 2.24) is 9.55 Å². The highest BCUT2D eigenvalue weighted by atomic mass is 32.1. The van der Waals surface area contributed by atoms with E-state index in [1.165, 1.54) is 10.9 Å². The fourth-order valence-electron chi connectivity index (χ4n) is 2.82. The van der Waals surface area contributed by atoms with Gasteiger partial charge in [-0.05, 0) is 37.5 Å². The maximum atomic E-state index is 12.7. The molecule has 2 N–H and O–H groups in total. The van der Waals surface area contributed by atoms with Crippen LogP contribution in [0.2, 0.25) is 0 Å². The van der Waals surface area contributed by atoms with E-state index in [1.807, 2.05) is 32.0 Å². The van der Waals surface area contributed by atoms with E-state index in [2.05, 4.69) is 10.3 Å². The Kier molecular flexibility index (Phi) is 4.60. The van der Waals surface area contributed by atoms with Crippen LogP contribution in [0.1, 0.15) is 26.4 Å². The Morgan fingerprint density at radius 3 is 2.50 bits per heavy atom. The maximum Gasteiger partial charge on any atom is 0.346 e. The largest absolute Gasteiger partial charge is 0.477 e. The van der Waals surface area contributed by atoms with Crippen LogP contribution in [-0.4, -0.2) is 26.5 Å². The molecule has 26 heavy (non-hydrogen) atoms. The second-order valence-electron chi connectivity index (χ2n) is 6.03. The summed E-state index contributed by atoms with van der Waals surface area (Å²) in [7, 11) is 0. The van der Waals surface area contributed by atoms with Gasteiger partial charge in [-0.1, -0.05) is 18.2 Å². The molecule has 1 aromatic carbocycles. The zero-order valence-electron chi connectivity index (χ0n) is 14.5. The molecular formula is C18H17N3O4S. The molecule has 0 aliphatic carbocycles. The number of benzene rings is 1. The number of nitrogens with zero attached hydrogens (tertiary/aromatic N) is 2. The average Bonchev–Trinajstić information content (AvgIpc) is 2.91. The van der Waals surface area contributed by atoms with Gasteiger partial charge in [0.25, 0.3) is 5.56 Å². The van der Waals surface area contributed by atoms with Crippen LogP contribution in [0.25, 0.3) is 10.2 Å². The SMILES string of the molecule is Cc1cccc(C)c1NC(=O)Cn1cnc2sc(C(=O)O)c(C)c2c1=O. The van der Waals surface area contributed by atoms with Crippen molar-refractivity contribution in [2.24, 2.45) is 0 Å². The minimum atomic E-state index is -1.09. The number of aryl methyl sites for hydroxylation is 3. The van der Waals surface area contributed by atoms with E-state index in [9.17, 15) is 19.5 Å². The molecule has 0 saturated heterocycles. The molecular weight excluding hydrogens is 354 g/mol. The van der Waals surface area contributed by atoms with E-state index in [1.54, 1.807) is 6.92 Å². The number of amides is 1. The van der Waals surface area contributed by atoms with Crippen LogP contribution in [0, 0.1) is 20.8 Å². The van der Waals surface area contributed by atoms with Gasteiger partial charge in [-0.3, -0.25) is 14.2 Å². The molecule has 0 aliphatic heterocycles. The Balaban J connectivity index is 1.93. The number of para-hydroxylation sites is 1. The lowest BCUT2D eigenvalue weighted by molar-refractivity contribution is -0.116. The molecule has 0 radical (unpaired) electrons. The Morgan fingerprint density at radius 1 is 1.23 bits per heavy atom. The smallest absolute Gasteiger partial charge is 0.346 e. The van der Waals surface area contributed by atoms with Crippen molar-refractivity contribution in [2.45, 2.75) is 27.3 Å². The molecule has 134 valence electrons. The predicted octanol–water partition coefficient (Wildman–Crippen LogP) is 2.72. The third kappa shape index (κ3) is 3.11. The molecule has 3 aromatic rings. The Bertz CT molecular complexity index is 1080. The molecule has 8 heteroatoms. The fourth-order valence-corrected chi connectivity index (χ4v) is 3.80. The van der Waals surface area contributed by atoms with Crippen LogP contribution in [0.15, 0.2) is 29.3 Å². The Labute approximate surface area is 152 Å². The highest BCUT2D eigenvalue weighted by Gasteiger charge is 2.19. The van der Waals surface area contributed by atoms with Gasteiger partial charge in [-0.15, -0.1) is 11.3 Å². The number of aromatic carboxylic acids is 1. The van der Waals surface area contributed by atoms with Gasteiger partial charge >= 0.3 is 5.97 Å². The van der Waals surface area contributed by atoms with E-state index in [0.717, 1.165) is 28.2 Å². The lowest BCUT2D eigenvalue weighted by Gasteiger charge is -2.12. The van der Waals surface area contributed by atoms with Crippen molar-refractivity contribution >= 4 is 39.1 Å². The minimum Gasteiger partial charge on any atom is -0.477 e. The summed E-state index contributed by atoms with van der Waals surface area (Å²) in [5, 5.41) is 12.3. The summed E-state index contributed by atoms with van der Waals surface area (Å²) in [5.41, 5.74) is 2.53. The number of carboxylic acid groups (broad SMARTS) is 1. The van der Waals surface area contributed by atoms with E-state index < -0.39 is 11.5 Å². The molecule has 0 saturated carbocycles. The van der Waals surface area contributed by atoms with Crippen LogP contribution < -0.4 is 10.9 Å². The first kappa shape index (κ1) is 17.8. The van der Waals surface area contributed by atoms with Crippen LogP contribution in [0.3, 0.4) is 0 Å². The first-order valence-electron chi connectivity index (χ1n) is 7.87. The normalized spacial score (nSPS) is 10.9. The van der Waals surface area contributed by atoms with Crippen molar-refractivity contribution in [3.8, 4) is 0 Å². The molecule has 0 unspecified atom stereocenters. The van der Waals surface area contributed by atoms with Crippen molar-refractivity contribution in [1.29, 1.82) is 0 Å². The standard InChI is InChI=1S/C18H17N3O4S/c1-9-5-4-6-10(2)14(9)20-12(22)7-21-8-19-16-13(17(21)23)11(3)15(26-16)18(24)25/h4-6,8H,7H2,1-3H3,(H,20,22)(H,24,25). The number of anilines is 1. The van der Waals surface area contributed by atoms with Gasteiger partial charge in [0.05, 0.1) is 11.7 Å². The summed E-state index contributed by atoms with van der Waals surface area (Å²) in [6.45, 7) is 5.16. The number of carboxylic acids is 1. The van der Waals surface area contributed by atoms with Crippen LogP contribution in [-0.2, 0) is 11.3 Å². The highest BCUT2D eigenvalue weighted by molar-refractivity contribution is 7.20. The van der Waals surface area contributed by atoms with Crippen molar-refractivity contribution < 1.29 is 14.7 Å². The molecule has 0 fully saturated rings. The van der Waals surface area contributed by atoms with Crippen LogP contribution in [0.5, 0.6) is 0 Å². The van der Waals surface area contributed by atoms with Gasteiger partial charge < -0.3 is 10.4 Å². The number of aromatic nitrogens is 2. The van der Waals surface area contributed by atoms with Crippen LogP contribution in [0.4, 0.5) is 5.69 Å². The summed E-state index contributed by atoms with van der Waals surface area (Å²) in [5.74, 6) is -1.44. The van der Waals surface area contributed by atoms with Gasteiger partial charge in [-0.25, -0.2) is 9.78 Å². The number of carbonyl (C=O) groups excluding carboxylic acids is 1. The summed E-state index contributed by atoms with van der Waals surface area (Å²) in [4.78, 5) is 40.9. The first-order chi connectivity index (χ1) is 12.3. The van der Waals surface area contributed by atoms with Crippen molar-refractivity contribution in [3.63, 3.8) is 0 Å². The number of hydrogen-bond acceptors (Lipinski definition) is 5. The molecule has 0 atom stereocenters. The van der Waals surface area contributed by atoms with E-state index >= 15 is 0 Å². The summed E-state index contributed by atoms with van der Waals surface area (Å²) >= 11 is 0.956. The molecule has 2 aromatic heterocycles. The molecule has 0 spiro atoms. The Hall–Kier alpha value is -3.00. The zero-order chi connectivity index (χ0) is 19.0. The van der Waals surface area contributed by atoms with Crippen molar-refractivity contribution in [3.05, 3.63) is 56.4 Å². The summed E-state index contributed by atoms with van der Waals surface area (Å²) < 4.78 is 1.19. The number of fused-ring (bicyclic) bond motifs is 1. The van der Waals surface area contributed by atoms with Gasteiger partial charge in [0.15, 0.2) is 0 Å². The molecule has 2 heterocycles. The molecule has 7 nitrogen and oxygen atoms in total. The monoisotopic (exact) mass is 371 g/mol. The first-order valence-corrected chi connectivity index (χ1v) is 8.69. The molecule has 3 rings (SSSR count). The zero-order valence-corrected chi connectivity index (χ0v) is 15.3. The van der Waals surface area contributed by atoms with Gasteiger partial charge in [-0.2, -0.15) is 0 Å². The summed E-state index contributed by atoms with van der Waals surface area (Å²) in [6, 6.07) is 5.69. The van der Waals surface area contributed by atoms with Crippen LogP contribution >= 0.6 is 11.3 Å². The Morgan fingerprint density at radius 2 is 1.88 bits per heavy atom. The highest BCUT2D eigenvalue weighted by Crippen LogP contribution is 2.26. The van der Waals surface area contributed by atoms with Gasteiger partial charge in [0.1, 0.15) is 16.3 Å². The quantitative estimate of drug-likeness (QED) is 0.734. The van der Waals surface area contributed by atoms with E-state index in [-0.39, 0.29) is 22.7 Å².